The fourth-order valence-corrected chi connectivity index (χ4v) is 0.954. The lowest BCUT2D eigenvalue weighted by molar-refractivity contribution is -0.155. The van der Waals surface area contributed by atoms with Gasteiger partial charge in [-0.3, -0.25) is 0 Å². The molecule has 0 aromatic carbocycles. The second-order valence-electron chi connectivity index (χ2n) is 3.04. The predicted octanol–water partition coefficient (Wildman–Crippen LogP) is -0.331. The molecule has 5 nitrogen and oxygen atoms in total. The number of guanidine groups is 2. The van der Waals surface area contributed by atoms with Gasteiger partial charge in [0.05, 0.1) is 0 Å². The maximum atomic E-state index is 12.3. The number of alkyl halides is 3. The van der Waals surface area contributed by atoms with Crippen molar-refractivity contribution in [1.29, 1.82) is 0 Å². The molecule has 80 valence electrons. The molecule has 0 spiro atoms. The van der Waals surface area contributed by atoms with Crippen LogP contribution in [0.5, 0.6) is 0 Å². The average Bonchev–Trinajstić information content (AvgIpc) is 2.64. The molecule has 0 bridgehead atoms. The topological polar surface area (TPSA) is 103 Å². The number of rotatable bonds is 1. The number of aliphatic imine (C=N–C) groups is 2. The summed E-state index contributed by atoms with van der Waals surface area (Å²) in [6.45, 7) is 0. The van der Waals surface area contributed by atoms with Crippen LogP contribution in [0.4, 0.5) is 13.2 Å². The van der Waals surface area contributed by atoms with Gasteiger partial charge in [-0.2, -0.15) is 18.2 Å². The Morgan fingerprint density at radius 2 is 1.64 bits per heavy atom. The molecule has 0 aromatic heterocycles. The summed E-state index contributed by atoms with van der Waals surface area (Å²) in [6.07, 6.45) is -4.54. The van der Waals surface area contributed by atoms with Crippen LogP contribution >= 0.6 is 0 Å². The molecular formula is C6H10F3N5. The van der Waals surface area contributed by atoms with E-state index in [0.29, 0.717) is 0 Å². The zero-order valence-corrected chi connectivity index (χ0v) is 7.17. The van der Waals surface area contributed by atoms with Gasteiger partial charge < -0.3 is 17.2 Å². The van der Waals surface area contributed by atoms with Gasteiger partial charge in [0.15, 0.2) is 11.5 Å². The number of hydrogen-bond donors (Lipinski definition) is 3. The summed E-state index contributed by atoms with van der Waals surface area (Å²) < 4.78 is 37.0. The van der Waals surface area contributed by atoms with E-state index < -0.39 is 23.6 Å². The second kappa shape index (κ2) is 3.03. The van der Waals surface area contributed by atoms with Gasteiger partial charge in [0.1, 0.15) is 0 Å². The van der Waals surface area contributed by atoms with Crippen LogP contribution in [0, 0.1) is 0 Å². The highest BCUT2D eigenvalue weighted by molar-refractivity contribution is 5.92. The Kier molecular flexibility index (Phi) is 2.30. The van der Waals surface area contributed by atoms with Crippen LogP contribution < -0.4 is 17.2 Å². The molecule has 1 aliphatic rings. The third-order valence-electron chi connectivity index (χ3n) is 1.82. The Balaban J connectivity index is 2.82. The van der Waals surface area contributed by atoms with Gasteiger partial charge in [-0.15, -0.1) is 0 Å². The van der Waals surface area contributed by atoms with Crippen molar-refractivity contribution < 1.29 is 13.2 Å². The molecular weight excluding hydrogens is 199 g/mol. The van der Waals surface area contributed by atoms with Gasteiger partial charge in [-0.1, -0.05) is 0 Å². The molecule has 0 aromatic rings. The van der Waals surface area contributed by atoms with E-state index in [1.54, 1.807) is 0 Å². The fourth-order valence-electron chi connectivity index (χ4n) is 0.954. The molecule has 0 atom stereocenters. The molecule has 1 saturated carbocycles. The third-order valence-corrected chi connectivity index (χ3v) is 1.82. The first-order valence-corrected chi connectivity index (χ1v) is 3.78. The van der Waals surface area contributed by atoms with E-state index >= 15 is 0 Å². The molecule has 8 heteroatoms. The maximum Gasteiger partial charge on any atom is 0.413 e. The van der Waals surface area contributed by atoms with E-state index in [2.05, 4.69) is 9.98 Å². The smallest absolute Gasteiger partial charge is 0.370 e. The van der Waals surface area contributed by atoms with Crippen LogP contribution in [-0.2, 0) is 0 Å². The van der Waals surface area contributed by atoms with E-state index in [1.807, 2.05) is 0 Å². The molecule has 0 heterocycles. The molecule has 1 fully saturated rings. The van der Waals surface area contributed by atoms with Crippen molar-refractivity contribution in [3.05, 3.63) is 0 Å². The highest BCUT2D eigenvalue weighted by Crippen LogP contribution is 2.52. The van der Waals surface area contributed by atoms with E-state index in [9.17, 15) is 13.2 Å². The first kappa shape index (κ1) is 10.6. The maximum absolute atomic E-state index is 12.3. The first-order chi connectivity index (χ1) is 6.27. The van der Waals surface area contributed by atoms with Gasteiger partial charge in [-0.05, 0) is 12.8 Å². The van der Waals surface area contributed by atoms with E-state index in [-0.39, 0.29) is 12.8 Å². The van der Waals surface area contributed by atoms with Crippen LogP contribution in [0.15, 0.2) is 9.98 Å². The molecule has 6 N–H and O–H groups in total. The molecule has 0 amide bonds. The molecule has 0 aliphatic heterocycles. The number of nitrogens with two attached hydrogens (primary N) is 3. The van der Waals surface area contributed by atoms with Gasteiger partial charge in [-0.25, -0.2) is 4.99 Å². The van der Waals surface area contributed by atoms with Gasteiger partial charge in [0.25, 0.3) is 0 Å². The fraction of sp³-hybridized carbons (Fsp3) is 0.667. The second-order valence-corrected chi connectivity index (χ2v) is 3.04. The van der Waals surface area contributed by atoms with Crippen molar-refractivity contribution in [2.24, 2.45) is 27.2 Å². The van der Waals surface area contributed by atoms with Crippen molar-refractivity contribution in [2.75, 3.05) is 0 Å². The SMILES string of the molecule is NC(N)=NC(N)=NC1(C(F)(F)F)CC1. The van der Waals surface area contributed by atoms with E-state index in [4.69, 9.17) is 17.2 Å². The number of halogens is 3. The zero-order valence-electron chi connectivity index (χ0n) is 7.17. The van der Waals surface area contributed by atoms with Gasteiger partial charge in [0, 0.05) is 0 Å². The normalized spacial score (nSPS) is 20.4. The van der Waals surface area contributed by atoms with Crippen molar-refractivity contribution in [3.8, 4) is 0 Å². The zero-order chi connectivity index (χ0) is 11.0. The summed E-state index contributed by atoms with van der Waals surface area (Å²) in [5, 5.41) is 0. The molecule has 14 heavy (non-hydrogen) atoms. The quantitative estimate of drug-likeness (QED) is 0.407. The van der Waals surface area contributed by atoms with Crippen LogP contribution in [0.2, 0.25) is 0 Å². The average molecular weight is 209 g/mol. The molecule has 0 unspecified atom stereocenters. The third kappa shape index (κ3) is 2.06. The summed E-state index contributed by atoms with van der Waals surface area (Å²) in [6, 6.07) is 0. The summed E-state index contributed by atoms with van der Waals surface area (Å²) in [5.74, 6) is -0.955. The minimum atomic E-state index is -4.39. The van der Waals surface area contributed by atoms with Gasteiger partial charge in [0.2, 0.25) is 5.96 Å². The Hall–Kier alpha value is -1.47. The van der Waals surface area contributed by atoms with E-state index in [0.717, 1.165) is 0 Å². The minimum Gasteiger partial charge on any atom is -0.370 e. The Morgan fingerprint density at radius 3 is 1.93 bits per heavy atom. The largest absolute Gasteiger partial charge is 0.413 e. The summed E-state index contributed by atoms with van der Waals surface area (Å²) >= 11 is 0. The summed E-state index contributed by atoms with van der Waals surface area (Å²) in [5.41, 5.74) is 12.9. The minimum absolute atomic E-state index is 0.0722. The first-order valence-electron chi connectivity index (χ1n) is 3.78. The van der Waals surface area contributed by atoms with Gasteiger partial charge >= 0.3 is 6.18 Å². The Labute approximate surface area is 77.9 Å². The molecule has 0 saturated heterocycles. The van der Waals surface area contributed by atoms with Crippen molar-refractivity contribution in [3.63, 3.8) is 0 Å². The van der Waals surface area contributed by atoms with Crippen LogP contribution in [0.1, 0.15) is 12.8 Å². The number of hydrogen-bond acceptors (Lipinski definition) is 1. The highest BCUT2D eigenvalue weighted by Gasteiger charge is 2.64. The lowest BCUT2D eigenvalue weighted by Gasteiger charge is -2.14. The van der Waals surface area contributed by atoms with Crippen molar-refractivity contribution in [2.45, 2.75) is 24.6 Å². The van der Waals surface area contributed by atoms with Crippen LogP contribution in [-0.4, -0.2) is 23.6 Å². The summed E-state index contributed by atoms with van der Waals surface area (Å²) in [7, 11) is 0. The lowest BCUT2D eigenvalue weighted by atomic mass is 10.3. The lowest BCUT2D eigenvalue weighted by Crippen LogP contribution is -2.33. The molecule has 1 rings (SSSR count). The molecule has 0 radical (unpaired) electrons. The van der Waals surface area contributed by atoms with Crippen LogP contribution in [0.25, 0.3) is 0 Å². The summed E-state index contributed by atoms with van der Waals surface area (Å²) in [4.78, 5) is 6.47. The highest BCUT2D eigenvalue weighted by atomic mass is 19.4. The van der Waals surface area contributed by atoms with Crippen LogP contribution in [0.3, 0.4) is 0 Å². The van der Waals surface area contributed by atoms with Crippen molar-refractivity contribution in [1.82, 2.24) is 0 Å². The Bertz CT molecular complexity index is 284. The monoisotopic (exact) mass is 209 g/mol. The Morgan fingerprint density at radius 1 is 1.14 bits per heavy atom. The predicted molar refractivity (Wildman–Crippen MR) is 45.5 cm³/mol. The van der Waals surface area contributed by atoms with E-state index in [1.165, 1.54) is 0 Å². The molecule has 1 aliphatic carbocycles. The standard InChI is InChI=1S/C6H10F3N5/c7-6(8,9)5(1-2-5)14-4(12)13-3(10)11/h1-2H2,(H6,10,11,12,13,14). The number of nitrogens with zero attached hydrogens (tertiary/aromatic N) is 2. The van der Waals surface area contributed by atoms with Crippen molar-refractivity contribution >= 4 is 11.9 Å².